The van der Waals surface area contributed by atoms with Crippen LogP contribution in [0.4, 0.5) is 13.2 Å². The average Bonchev–Trinajstić information content (AvgIpc) is 3.38. The third-order valence-corrected chi connectivity index (χ3v) is 9.01. The lowest BCUT2D eigenvalue weighted by molar-refractivity contribution is -0.275. The van der Waals surface area contributed by atoms with E-state index in [-0.39, 0.29) is 17.4 Å². The Labute approximate surface area is 193 Å². The van der Waals surface area contributed by atoms with Crippen LogP contribution in [0.15, 0.2) is 66.7 Å². The van der Waals surface area contributed by atoms with Crippen LogP contribution >= 0.6 is 10.5 Å². The molecule has 1 fully saturated rings. The number of hydrogen-bond acceptors (Lipinski definition) is 2. The Morgan fingerprint density at radius 1 is 0.818 bits per heavy atom. The number of fused-ring (bicyclic) bond motifs is 3. The van der Waals surface area contributed by atoms with Gasteiger partial charge in [-0.25, -0.2) is 0 Å². The molecular weight excluding hydrogens is 445 g/mol. The lowest BCUT2D eigenvalue weighted by atomic mass is 9.88. The van der Waals surface area contributed by atoms with E-state index in [9.17, 15) is 13.2 Å². The van der Waals surface area contributed by atoms with Crippen LogP contribution in [0, 0.1) is 5.92 Å². The standard InChI is InChI=1S/C27H26F3O2S/c1-18(2)26(15-7-8-16-26)31-23-17-19(13-14-22(23)32-27(28,29)30)33-24-11-5-3-9-20(24)21-10-4-6-12-25(21)33/h3-6,9-14,17-18H,7-8,15-16H2,1-2H3/q+1. The molecule has 0 bridgehead atoms. The first-order valence-corrected chi connectivity index (χ1v) is 12.5. The Bertz CT molecular complexity index is 1250. The molecule has 2 nitrogen and oxygen atoms in total. The van der Waals surface area contributed by atoms with Gasteiger partial charge in [-0.05, 0) is 61.9 Å². The van der Waals surface area contributed by atoms with Gasteiger partial charge in [0.15, 0.2) is 25.8 Å². The van der Waals surface area contributed by atoms with E-state index in [2.05, 4.69) is 42.8 Å². The topological polar surface area (TPSA) is 18.5 Å². The lowest BCUT2D eigenvalue weighted by Gasteiger charge is -2.34. The normalized spacial score (nSPS) is 16.1. The van der Waals surface area contributed by atoms with Crippen LogP contribution in [0.25, 0.3) is 25.1 Å². The fourth-order valence-electron chi connectivity index (χ4n) is 5.00. The van der Waals surface area contributed by atoms with Gasteiger partial charge in [-0.15, -0.1) is 13.2 Å². The quantitative estimate of drug-likeness (QED) is 0.270. The lowest BCUT2D eigenvalue weighted by Crippen LogP contribution is -2.38. The van der Waals surface area contributed by atoms with Gasteiger partial charge in [-0.2, -0.15) is 0 Å². The Morgan fingerprint density at radius 3 is 1.94 bits per heavy atom. The number of ether oxygens (including phenoxy) is 2. The summed E-state index contributed by atoms with van der Waals surface area (Å²) in [6, 6.07) is 21.4. The fourth-order valence-corrected chi connectivity index (χ4v) is 7.40. The van der Waals surface area contributed by atoms with Crippen molar-refractivity contribution < 1.29 is 22.6 Å². The van der Waals surface area contributed by atoms with Gasteiger partial charge in [0.25, 0.3) is 0 Å². The minimum absolute atomic E-state index is 0.176. The molecular formula is C27H26F3O2S+. The molecule has 5 rings (SSSR count). The minimum Gasteiger partial charge on any atom is -0.483 e. The number of benzene rings is 3. The summed E-state index contributed by atoms with van der Waals surface area (Å²) in [4.78, 5) is 0.925. The molecule has 1 aromatic heterocycles. The van der Waals surface area contributed by atoms with E-state index >= 15 is 0 Å². The average molecular weight is 472 g/mol. The van der Waals surface area contributed by atoms with E-state index in [1.165, 1.54) is 26.2 Å². The first kappa shape index (κ1) is 22.1. The highest BCUT2D eigenvalue weighted by Gasteiger charge is 2.41. The van der Waals surface area contributed by atoms with Crippen LogP contribution in [-0.4, -0.2) is 12.0 Å². The van der Waals surface area contributed by atoms with Crippen molar-refractivity contribution in [1.82, 2.24) is 0 Å². The molecule has 0 aliphatic heterocycles. The highest BCUT2D eigenvalue weighted by atomic mass is 32.2. The molecule has 4 aromatic rings. The molecule has 0 radical (unpaired) electrons. The van der Waals surface area contributed by atoms with Crippen LogP contribution in [0.3, 0.4) is 0 Å². The molecule has 0 N–H and O–H groups in total. The first-order valence-electron chi connectivity index (χ1n) is 11.3. The minimum atomic E-state index is -4.78. The van der Waals surface area contributed by atoms with E-state index < -0.39 is 22.4 Å². The van der Waals surface area contributed by atoms with Crippen molar-refractivity contribution in [3.05, 3.63) is 66.7 Å². The van der Waals surface area contributed by atoms with Crippen molar-refractivity contribution in [1.29, 1.82) is 0 Å². The number of hydrogen-bond donors (Lipinski definition) is 0. The van der Waals surface area contributed by atoms with E-state index in [0.29, 0.717) is 0 Å². The molecule has 33 heavy (non-hydrogen) atoms. The molecule has 1 saturated carbocycles. The monoisotopic (exact) mass is 471 g/mol. The van der Waals surface area contributed by atoms with Crippen molar-refractivity contribution in [2.75, 3.05) is 0 Å². The SMILES string of the molecule is CC(C)C1(Oc2cc(-[s+]3c4ccccc4c4ccccc43)ccc2OC(F)(F)F)CCCC1. The predicted octanol–water partition coefficient (Wildman–Crippen LogP) is 8.98. The summed E-state index contributed by atoms with van der Waals surface area (Å²) in [6.45, 7) is 4.15. The Kier molecular flexibility index (Phi) is 5.52. The summed E-state index contributed by atoms with van der Waals surface area (Å²) < 4.78 is 52.8. The Morgan fingerprint density at radius 2 is 1.39 bits per heavy atom. The number of halogens is 3. The van der Waals surface area contributed by atoms with Gasteiger partial charge in [0.1, 0.15) is 5.60 Å². The van der Waals surface area contributed by atoms with Gasteiger partial charge in [0.2, 0.25) is 0 Å². The zero-order chi connectivity index (χ0) is 23.2. The molecule has 3 aromatic carbocycles. The van der Waals surface area contributed by atoms with E-state index in [1.807, 2.05) is 24.3 Å². The second-order valence-electron chi connectivity index (χ2n) is 8.98. The molecule has 1 aliphatic carbocycles. The summed E-state index contributed by atoms with van der Waals surface area (Å²) in [5.74, 6) is 0.0788. The van der Waals surface area contributed by atoms with Crippen LogP contribution in [0.1, 0.15) is 39.5 Å². The molecule has 0 amide bonds. The van der Waals surface area contributed by atoms with Crippen molar-refractivity contribution in [3.63, 3.8) is 0 Å². The predicted molar refractivity (Wildman–Crippen MR) is 129 cm³/mol. The molecule has 6 heteroatoms. The van der Waals surface area contributed by atoms with Gasteiger partial charge in [-0.1, -0.05) is 38.1 Å². The highest BCUT2D eigenvalue weighted by molar-refractivity contribution is 7.50. The summed E-state index contributed by atoms with van der Waals surface area (Å²) in [5.41, 5.74) is -0.475. The summed E-state index contributed by atoms with van der Waals surface area (Å²) in [5, 5.41) is 2.34. The molecule has 0 unspecified atom stereocenters. The van der Waals surface area contributed by atoms with E-state index in [0.717, 1.165) is 30.6 Å². The van der Waals surface area contributed by atoms with Crippen molar-refractivity contribution >= 4 is 30.6 Å². The van der Waals surface area contributed by atoms with Gasteiger partial charge < -0.3 is 9.47 Å². The molecule has 1 heterocycles. The van der Waals surface area contributed by atoms with Gasteiger partial charge >= 0.3 is 6.36 Å². The molecule has 172 valence electrons. The molecule has 0 atom stereocenters. The van der Waals surface area contributed by atoms with Crippen LogP contribution < -0.4 is 9.47 Å². The third-order valence-electron chi connectivity index (χ3n) is 6.70. The van der Waals surface area contributed by atoms with E-state index in [1.54, 1.807) is 12.1 Å². The third kappa shape index (κ3) is 4.05. The van der Waals surface area contributed by atoms with Crippen LogP contribution in [0.5, 0.6) is 11.5 Å². The fraction of sp³-hybridized carbons (Fsp3) is 0.333. The number of rotatable bonds is 5. The Balaban J connectivity index is 1.69. The van der Waals surface area contributed by atoms with Crippen molar-refractivity contribution in [3.8, 4) is 16.4 Å². The van der Waals surface area contributed by atoms with Crippen LogP contribution in [-0.2, 0) is 0 Å². The van der Waals surface area contributed by atoms with Crippen molar-refractivity contribution in [2.45, 2.75) is 51.5 Å². The second kappa shape index (κ2) is 8.24. The van der Waals surface area contributed by atoms with Gasteiger partial charge in [0, 0.05) is 33.4 Å². The highest BCUT2D eigenvalue weighted by Crippen LogP contribution is 2.51. The van der Waals surface area contributed by atoms with Gasteiger partial charge in [-0.3, -0.25) is 0 Å². The number of alkyl halides is 3. The van der Waals surface area contributed by atoms with Crippen molar-refractivity contribution in [2.24, 2.45) is 5.92 Å². The maximum Gasteiger partial charge on any atom is 0.573 e. The second-order valence-corrected chi connectivity index (χ2v) is 10.9. The zero-order valence-electron chi connectivity index (χ0n) is 18.6. The maximum atomic E-state index is 13.2. The maximum absolute atomic E-state index is 13.2. The summed E-state index contributed by atoms with van der Waals surface area (Å²) in [7, 11) is -0.426. The zero-order valence-corrected chi connectivity index (χ0v) is 19.4. The summed E-state index contributed by atoms with van der Waals surface area (Å²) in [6.07, 6.45) is -1.10. The summed E-state index contributed by atoms with van der Waals surface area (Å²) >= 11 is 0. The largest absolute Gasteiger partial charge is 0.573 e. The van der Waals surface area contributed by atoms with Crippen LogP contribution in [0.2, 0.25) is 0 Å². The molecule has 0 spiro atoms. The van der Waals surface area contributed by atoms with E-state index in [4.69, 9.17) is 4.74 Å². The molecule has 0 saturated heterocycles. The Hall–Kier alpha value is -2.73. The smallest absolute Gasteiger partial charge is 0.483 e. The molecule has 1 aliphatic rings. The first-order chi connectivity index (χ1) is 15.8. The number of thiophene rings is 1. The van der Waals surface area contributed by atoms with Gasteiger partial charge in [0.05, 0.1) is 0 Å².